The number of carbonyl (C=O) groups excluding carboxylic acids is 1. The first-order valence-electron chi connectivity index (χ1n) is 9.25. The van der Waals surface area contributed by atoms with Gasteiger partial charge >= 0.3 is 0 Å². The van der Waals surface area contributed by atoms with Crippen LogP contribution in [0.5, 0.6) is 0 Å². The van der Waals surface area contributed by atoms with Crippen LogP contribution in [0.1, 0.15) is 58.6 Å². The molecule has 4 N–H and O–H groups in total. The molecule has 4 heteroatoms. The standard InChI is InChI=1S/C20H35N3O/c1-5-16(4)14-23-20(24)19(13-15(2)3)22-12-11-18(21)17-9-7-6-8-10-17/h6-10,15-16,18-19,22H,5,11-14,21H2,1-4H3,(H,23,24)/t16?,18?,19-/m0/s1. The number of nitrogens with one attached hydrogen (secondary N) is 2. The molecule has 1 aromatic rings. The van der Waals surface area contributed by atoms with E-state index in [1.54, 1.807) is 0 Å². The second-order valence-corrected chi connectivity index (χ2v) is 7.20. The Morgan fingerprint density at radius 3 is 2.42 bits per heavy atom. The van der Waals surface area contributed by atoms with Crippen molar-refractivity contribution in [2.45, 2.75) is 59.0 Å². The zero-order valence-electron chi connectivity index (χ0n) is 15.7. The van der Waals surface area contributed by atoms with Gasteiger partial charge in [0.1, 0.15) is 0 Å². The molecule has 0 saturated carbocycles. The van der Waals surface area contributed by atoms with Crippen molar-refractivity contribution in [1.29, 1.82) is 0 Å². The maximum atomic E-state index is 12.4. The Bertz CT molecular complexity index is 461. The van der Waals surface area contributed by atoms with Gasteiger partial charge in [-0.1, -0.05) is 64.4 Å². The maximum absolute atomic E-state index is 12.4. The number of hydrogen-bond acceptors (Lipinski definition) is 3. The van der Waals surface area contributed by atoms with Gasteiger partial charge in [0, 0.05) is 12.6 Å². The summed E-state index contributed by atoms with van der Waals surface area (Å²) >= 11 is 0. The van der Waals surface area contributed by atoms with Crippen LogP contribution in [-0.2, 0) is 4.79 Å². The molecule has 1 aromatic carbocycles. The largest absolute Gasteiger partial charge is 0.354 e. The third kappa shape index (κ3) is 7.93. The van der Waals surface area contributed by atoms with Crippen LogP contribution in [0.3, 0.4) is 0 Å². The maximum Gasteiger partial charge on any atom is 0.237 e. The fourth-order valence-corrected chi connectivity index (χ4v) is 2.58. The summed E-state index contributed by atoms with van der Waals surface area (Å²) in [5.74, 6) is 1.09. The molecule has 136 valence electrons. The van der Waals surface area contributed by atoms with E-state index in [9.17, 15) is 4.79 Å². The first-order chi connectivity index (χ1) is 11.4. The highest BCUT2D eigenvalue weighted by atomic mass is 16.2. The Morgan fingerprint density at radius 1 is 1.17 bits per heavy atom. The van der Waals surface area contributed by atoms with Gasteiger partial charge < -0.3 is 16.4 Å². The van der Waals surface area contributed by atoms with Gasteiger partial charge in [-0.05, 0) is 36.8 Å². The number of rotatable bonds is 11. The average molecular weight is 334 g/mol. The molecule has 0 aromatic heterocycles. The summed E-state index contributed by atoms with van der Waals surface area (Å²) < 4.78 is 0. The first-order valence-corrected chi connectivity index (χ1v) is 9.25. The van der Waals surface area contributed by atoms with Crippen molar-refractivity contribution >= 4 is 5.91 Å². The molecule has 1 rings (SSSR count). The van der Waals surface area contributed by atoms with Crippen molar-refractivity contribution < 1.29 is 4.79 Å². The average Bonchev–Trinajstić information content (AvgIpc) is 2.58. The van der Waals surface area contributed by atoms with E-state index < -0.39 is 0 Å². The summed E-state index contributed by atoms with van der Waals surface area (Å²) in [4.78, 5) is 12.4. The van der Waals surface area contributed by atoms with Crippen LogP contribution in [0, 0.1) is 11.8 Å². The van der Waals surface area contributed by atoms with Crippen LogP contribution in [0.2, 0.25) is 0 Å². The van der Waals surface area contributed by atoms with Crippen LogP contribution >= 0.6 is 0 Å². The Morgan fingerprint density at radius 2 is 1.83 bits per heavy atom. The summed E-state index contributed by atoms with van der Waals surface area (Å²) in [5.41, 5.74) is 7.37. The Labute approximate surface area is 147 Å². The normalized spacial score (nSPS) is 15.1. The zero-order valence-corrected chi connectivity index (χ0v) is 15.7. The van der Waals surface area contributed by atoms with Gasteiger partial charge in [-0.2, -0.15) is 0 Å². The highest BCUT2D eigenvalue weighted by Gasteiger charge is 2.19. The number of hydrogen-bond donors (Lipinski definition) is 3. The van der Waals surface area contributed by atoms with Crippen molar-refractivity contribution in [3.05, 3.63) is 35.9 Å². The van der Waals surface area contributed by atoms with Crippen LogP contribution in [-0.4, -0.2) is 25.0 Å². The molecule has 0 heterocycles. The lowest BCUT2D eigenvalue weighted by molar-refractivity contribution is -0.123. The van der Waals surface area contributed by atoms with E-state index >= 15 is 0 Å². The molecule has 0 aliphatic rings. The van der Waals surface area contributed by atoms with E-state index in [0.29, 0.717) is 11.8 Å². The van der Waals surface area contributed by atoms with Gasteiger partial charge in [0.15, 0.2) is 0 Å². The molecular weight excluding hydrogens is 298 g/mol. The predicted molar refractivity (Wildman–Crippen MR) is 102 cm³/mol. The topological polar surface area (TPSA) is 67.2 Å². The summed E-state index contributed by atoms with van der Waals surface area (Å²) in [5, 5.41) is 6.48. The van der Waals surface area contributed by atoms with Crippen LogP contribution in [0.4, 0.5) is 0 Å². The predicted octanol–water partition coefficient (Wildman–Crippen LogP) is 3.24. The molecule has 0 radical (unpaired) electrons. The number of benzene rings is 1. The fourth-order valence-electron chi connectivity index (χ4n) is 2.58. The summed E-state index contributed by atoms with van der Waals surface area (Å²) in [6, 6.07) is 9.97. The molecular formula is C20H35N3O. The molecule has 0 saturated heterocycles. The molecule has 4 nitrogen and oxygen atoms in total. The molecule has 1 amide bonds. The number of carbonyl (C=O) groups is 1. The highest BCUT2D eigenvalue weighted by Crippen LogP contribution is 2.13. The van der Waals surface area contributed by atoms with E-state index in [4.69, 9.17) is 5.73 Å². The van der Waals surface area contributed by atoms with Crippen molar-refractivity contribution in [3.8, 4) is 0 Å². The Balaban J connectivity index is 2.46. The van der Waals surface area contributed by atoms with Crippen LogP contribution < -0.4 is 16.4 Å². The van der Waals surface area contributed by atoms with E-state index in [-0.39, 0.29) is 18.0 Å². The fraction of sp³-hybridized carbons (Fsp3) is 0.650. The molecule has 0 aliphatic carbocycles. The van der Waals surface area contributed by atoms with Gasteiger partial charge in [-0.25, -0.2) is 0 Å². The second-order valence-electron chi connectivity index (χ2n) is 7.20. The highest BCUT2D eigenvalue weighted by molar-refractivity contribution is 5.81. The summed E-state index contributed by atoms with van der Waals surface area (Å²) in [7, 11) is 0. The molecule has 0 aliphatic heterocycles. The molecule has 0 fully saturated rings. The molecule has 3 atom stereocenters. The van der Waals surface area contributed by atoms with Gasteiger partial charge in [-0.3, -0.25) is 4.79 Å². The van der Waals surface area contributed by atoms with Gasteiger partial charge in [0.25, 0.3) is 0 Å². The van der Waals surface area contributed by atoms with Crippen LogP contribution in [0.15, 0.2) is 30.3 Å². The molecule has 24 heavy (non-hydrogen) atoms. The van der Waals surface area contributed by atoms with E-state index in [1.165, 1.54) is 0 Å². The molecule has 2 unspecified atom stereocenters. The van der Waals surface area contributed by atoms with E-state index in [0.717, 1.165) is 37.9 Å². The van der Waals surface area contributed by atoms with Crippen molar-refractivity contribution in [2.75, 3.05) is 13.1 Å². The SMILES string of the molecule is CCC(C)CNC(=O)[C@H](CC(C)C)NCCC(N)c1ccccc1. The van der Waals surface area contributed by atoms with Gasteiger partial charge in [-0.15, -0.1) is 0 Å². The molecule has 0 spiro atoms. The smallest absolute Gasteiger partial charge is 0.237 e. The third-order valence-corrected chi connectivity index (χ3v) is 4.42. The van der Waals surface area contributed by atoms with Crippen molar-refractivity contribution in [1.82, 2.24) is 10.6 Å². The number of amides is 1. The third-order valence-electron chi connectivity index (χ3n) is 4.42. The monoisotopic (exact) mass is 333 g/mol. The Hall–Kier alpha value is -1.39. The quantitative estimate of drug-likeness (QED) is 0.582. The van der Waals surface area contributed by atoms with Crippen LogP contribution in [0.25, 0.3) is 0 Å². The van der Waals surface area contributed by atoms with Gasteiger partial charge in [0.2, 0.25) is 5.91 Å². The minimum Gasteiger partial charge on any atom is -0.354 e. The molecule has 0 bridgehead atoms. The van der Waals surface area contributed by atoms with Crippen molar-refractivity contribution in [3.63, 3.8) is 0 Å². The zero-order chi connectivity index (χ0) is 17.9. The lowest BCUT2D eigenvalue weighted by Gasteiger charge is -2.22. The van der Waals surface area contributed by atoms with E-state index in [2.05, 4.69) is 50.5 Å². The lowest BCUT2D eigenvalue weighted by atomic mass is 10.0. The Kier molecular flexibility index (Phi) is 9.65. The van der Waals surface area contributed by atoms with E-state index in [1.807, 2.05) is 18.2 Å². The van der Waals surface area contributed by atoms with Gasteiger partial charge in [0.05, 0.1) is 6.04 Å². The first kappa shape index (κ1) is 20.7. The minimum atomic E-state index is -0.142. The lowest BCUT2D eigenvalue weighted by Crippen LogP contribution is -2.46. The summed E-state index contributed by atoms with van der Waals surface area (Å²) in [6.45, 7) is 10.1. The van der Waals surface area contributed by atoms with Crippen molar-refractivity contribution in [2.24, 2.45) is 17.6 Å². The number of nitrogens with two attached hydrogens (primary N) is 1. The summed E-state index contributed by atoms with van der Waals surface area (Å²) in [6.07, 6.45) is 2.73. The minimum absolute atomic E-state index is 0.00146. The second kappa shape index (κ2) is 11.2.